The largest absolute Gasteiger partial charge is 0.454 e. The lowest BCUT2D eigenvalue weighted by Crippen LogP contribution is -2.26. The fourth-order valence-corrected chi connectivity index (χ4v) is 2.68. The molecule has 1 heterocycles. The SMILES string of the molecule is CN(C)c1cccc(C(=O)OCc2nc3ccccc3c(=O)n2CC#N)c1. The zero-order chi connectivity index (χ0) is 19.4. The summed E-state index contributed by atoms with van der Waals surface area (Å²) in [5.74, 6) is -0.290. The van der Waals surface area contributed by atoms with E-state index >= 15 is 0 Å². The number of nitrogens with zero attached hydrogens (tertiary/aromatic N) is 4. The number of carbonyl (C=O) groups excluding carboxylic acids is 1. The van der Waals surface area contributed by atoms with Gasteiger partial charge in [0.1, 0.15) is 13.2 Å². The number of esters is 1. The van der Waals surface area contributed by atoms with Crippen LogP contribution in [0.2, 0.25) is 0 Å². The topological polar surface area (TPSA) is 88.2 Å². The predicted molar refractivity (Wildman–Crippen MR) is 102 cm³/mol. The van der Waals surface area contributed by atoms with Gasteiger partial charge in [-0.25, -0.2) is 9.78 Å². The first-order chi connectivity index (χ1) is 13.0. The van der Waals surface area contributed by atoms with Gasteiger partial charge in [0.25, 0.3) is 5.56 Å². The van der Waals surface area contributed by atoms with Crippen molar-refractivity contribution in [1.29, 1.82) is 5.26 Å². The Balaban J connectivity index is 1.89. The second-order valence-corrected chi connectivity index (χ2v) is 6.12. The molecule has 3 rings (SSSR count). The Bertz CT molecular complexity index is 1100. The summed E-state index contributed by atoms with van der Waals surface area (Å²) >= 11 is 0. The molecular weight excluding hydrogens is 344 g/mol. The van der Waals surface area contributed by atoms with Crippen LogP contribution < -0.4 is 10.5 Å². The number of para-hydroxylation sites is 1. The maximum absolute atomic E-state index is 12.6. The number of hydrogen-bond donors (Lipinski definition) is 0. The molecule has 0 fully saturated rings. The van der Waals surface area contributed by atoms with Crippen LogP contribution in [-0.4, -0.2) is 29.6 Å². The highest BCUT2D eigenvalue weighted by atomic mass is 16.5. The van der Waals surface area contributed by atoms with Gasteiger partial charge in [0.05, 0.1) is 22.5 Å². The van der Waals surface area contributed by atoms with Crippen LogP contribution in [0.25, 0.3) is 10.9 Å². The molecule has 7 nitrogen and oxygen atoms in total. The van der Waals surface area contributed by atoms with Crippen molar-refractivity contribution < 1.29 is 9.53 Å². The minimum absolute atomic E-state index is 0.167. The number of rotatable bonds is 5. The van der Waals surface area contributed by atoms with Crippen LogP contribution in [0, 0.1) is 11.3 Å². The molecule has 0 radical (unpaired) electrons. The van der Waals surface area contributed by atoms with Crippen molar-refractivity contribution in [1.82, 2.24) is 9.55 Å². The number of anilines is 1. The standard InChI is InChI=1S/C20H18N4O3/c1-23(2)15-7-5-6-14(12-15)20(26)27-13-18-22-17-9-4-3-8-16(17)19(25)24(18)11-10-21/h3-9,12H,11,13H2,1-2H3. The van der Waals surface area contributed by atoms with Crippen LogP contribution in [0.5, 0.6) is 0 Å². The zero-order valence-corrected chi connectivity index (χ0v) is 15.0. The van der Waals surface area contributed by atoms with Gasteiger partial charge in [-0.2, -0.15) is 5.26 Å². The van der Waals surface area contributed by atoms with E-state index in [1.165, 1.54) is 4.57 Å². The average molecular weight is 362 g/mol. The van der Waals surface area contributed by atoms with Crippen molar-refractivity contribution in [3.8, 4) is 6.07 Å². The molecule has 0 aliphatic carbocycles. The maximum atomic E-state index is 12.6. The van der Waals surface area contributed by atoms with Gasteiger partial charge in [0.15, 0.2) is 5.82 Å². The first-order valence-corrected chi connectivity index (χ1v) is 8.31. The van der Waals surface area contributed by atoms with Gasteiger partial charge in [-0.05, 0) is 30.3 Å². The Morgan fingerprint density at radius 2 is 2.00 bits per heavy atom. The van der Waals surface area contributed by atoms with Gasteiger partial charge in [-0.15, -0.1) is 0 Å². The lowest BCUT2D eigenvalue weighted by atomic mass is 10.2. The summed E-state index contributed by atoms with van der Waals surface area (Å²) in [7, 11) is 3.76. The molecular formula is C20H18N4O3. The lowest BCUT2D eigenvalue weighted by molar-refractivity contribution is 0.0457. The van der Waals surface area contributed by atoms with E-state index in [2.05, 4.69) is 4.98 Å². The van der Waals surface area contributed by atoms with Crippen molar-refractivity contribution in [2.45, 2.75) is 13.2 Å². The Morgan fingerprint density at radius 1 is 1.22 bits per heavy atom. The van der Waals surface area contributed by atoms with Crippen LogP contribution >= 0.6 is 0 Å². The summed E-state index contributed by atoms with van der Waals surface area (Å²) in [5.41, 5.74) is 1.44. The molecule has 0 saturated heterocycles. The lowest BCUT2D eigenvalue weighted by Gasteiger charge is -2.14. The Kier molecular flexibility index (Phi) is 5.18. The van der Waals surface area contributed by atoms with Crippen LogP contribution in [-0.2, 0) is 17.9 Å². The third-order valence-corrected chi connectivity index (χ3v) is 4.10. The van der Waals surface area contributed by atoms with E-state index in [0.717, 1.165) is 5.69 Å². The highest BCUT2D eigenvalue weighted by Crippen LogP contribution is 2.15. The van der Waals surface area contributed by atoms with Crippen molar-refractivity contribution in [2.24, 2.45) is 0 Å². The number of aromatic nitrogens is 2. The molecule has 0 unspecified atom stereocenters. The summed E-state index contributed by atoms with van der Waals surface area (Å²) in [4.78, 5) is 31.3. The van der Waals surface area contributed by atoms with Crippen LogP contribution in [0.15, 0.2) is 53.3 Å². The van der Waals surface area contributed by atoms with E-state index in [-0.39, 0.29) is 24.5 Å². The van der Waals surface area contributed by atoms with E-state index in [1.54, 1.807) is 42.5 Å². The molecule has 7 heteroatoms. The van der Waals surface area contributed by atoms with Gasteiger partial charge in [0.2, 0.25) is 0 Å². The summed E-state index contributed by atoms with van der Waals surface area (Å²) in [6.07, 6.45) is 0. The Morgan fingerprint density at radius 3 is 2.74 bits per heavy atom. The first kappa shape index (κ1) is 18.1. The third-order valence-electron chi connectivity index (χ3n) is 4.10. The molecule has 27 heavy (non-hydrogen) atoms. The second kappa shape index (κ2) is 7.70. The minimum atomic E-state index is -0.524. The molecule has 0 amide bonds. The molecule has 0 bridgehead atoms. The van der Waals surface area contributed by atoms with Crippen LogP contribution in [0.1, 0.15) is 16.2 Å². The minimum Gasteiger partial charge on any atom is -0.454 e. The molecule has 0 saturated carbocycles. The number of carbonyl (C=O) groups is 1. The van der Waals surface area contributed by atoms with Gasteiger partial charge in [0, 0.05) is 19.8 Å². The van der Waals surface area contributed by atoms with E-state index in [4.69, 9.17) is 10.00 Å². The summed E-state index contributed by atoms with van der Waals surface area (Å²) in [5, 5.41) is 9.45. The number of fused-ring (bicyclic) bond motifs is 1. The molecule has 0 aliphatic rings. The normalized spacial score (nSPS) is 10.4. The number of hydrogen-bond acceptors (Lipinski definition) is 6. The fourth-order valence-electron chi connectivity index (χ4n) is 2.68. The zero-order valence-electron chi connectivity index (χ0n) is 15.0. The third kappa shape index (κ3) is 3.80. The summed E-state index contributed by atoms with van der Waals surface area (Å²) in [6.45, 7) is -0.369. The smallest absolute Gasteiger partial charge is 0.338 e. The fraction of sp³-hybridized carbons (Fsp3) is 0.200. The molecule has 2 aromatic carbocycles. The van der Waals surface area contributed by atoms with Crippen molar-refractivity contribution in [3.05, 3.63) is 70.3 Å². The quantitative estimate of drug-likeness (QED) is 0.648. The van der Waals surface area contributed by atoms with E-state index in [1.807, 2.05) is 31.1 Å². The van der Waals surface area contributed by atoms with Gasteiger partial charge >= 0.3 is 5.97 Å². The molecule has 136 valence electrons. The molecule has 0 aliphatic heterocycles. The maximum Gasteiger partial charge on any atom is 0.338 e. The molecule has 0 spiro atoms. The van der Waals surface area contributed by atoms with Gasteiger partial charge < -0.3 is 9.64 Å². The van der Waals surface area contributed by atoms with Crippen molar-refractivity contribution >= 4 is 22.6 Å². The molecule has 3 aromatic rings. The Hall–Kier alpha value is -3.66. The van der Waals surface area contributed by atoms with E-state index < -0.39 is 5.97 Å². The molecule has 0 atom stereocenters. The highest BCUT2D eigenvalue weighted by molar-refractivity contribution is 5.90. The number of nitriles is 1. The second-order valence-electron chi connectivity index (χ2n) is 6.12. The van der Waals surface area contributed by atoms with Crippen molar-refractivity contribution in [3.63, 3.8) is 0 Å². The monoisotopic (exact) mass is 362 g/mol. The van der Waals surface area contributed by atoms with Gasteiger partial charge in [-0.3, -0.25) is 9.36 Å². The number of ether oxygens (including phenoxy) is 1. The summed E-state index contributed by atoms with van der Waals surface area (Å²) in [6, 6.07) is 15.8. The average Bonchev–Trinajstić information content (AvgIpc) is 2.68. The number of benzene rings is 2. The van der Waals surface area contributed by atoms with Crippen molar-refractivity contribution in [2.75, 3.05) is 19.0 Å². The van der Waals surface area contributed by atoms with Crippen LogP contribution in [0.3, 0.4) is 0 Å². The predicted octanol–water partition coefficient (Wildman–Crippen LogP) is 2.34. The van der Waals surface area contributed by atoms with Crippen LogP contribution in [0.4, 0.5) is 5.69 Å². The van der Waals surface area contributed by atoms with E-state index in [9.17, 15) is 9.59 Å². The first-order valence-electron chi connectivity index (χ1n) is 8.31. The molecule has 1 aromatic heterocycles. The summed E-state index contributed by atoms with van der Waals surface area (Å²) < 4.78 is 6.58. The highest BCUT2D eigenvalue weighted by Gasteiger charge is 2.14. The Labute approximate surface area is 156 Å². The van der Waals surface area contributed by atoms with E-state index in [0.29, 0.717) is 16.5 Å². The molecule has 0 N–H and O–H groups in total. The van der Waals surface area contributed by atoms with Gasteiger partial charge in [-0.1, -0.05) is 18.2 Å².